The van der Waals surface area contributed by atoms with Crippen LogP contribution in [0.3, 0.4) is 0 Å². The van der Waals surface area contributed by atoms with Gasteiger partial charge in [-0.25, -0.2) is 0 Å². The minimum atomic E-state index is -0.274. The van der Waals surface area contributed by atoms with Crippen LogP contribution in [0.15, 0.2) is 12.1 Å². The Morgan fingerprint density at radius 1 is 1.31 bits per heavy atom. The first-order chi connectivity index (χ1) is 7.88. The van der Waals surface area contributed by atoms with Gasteiger partial charge in [-0.2, -0.15) is 0 Å². The average Bonchev–Trinajstić information content (AvgIpc) is 2.56. The lowest BCUT2D eigenvalue weighted by molar-refractivity contribution is 0.179. The van der Waals surface area contributed by atoms with E-state index in [1.165, 1.54) is 0 Å². The van der Waals surface area contributed by atoms with E-state index in [0.29, 0.717) is 19.8 Å². The summed E-state index contributed by atoms with van der Waals surface area (Å²) in [6, 6.07) is 3.89. The molecule has 0 aliphatic carbocycles. The smallest absolute Gasteiger partial charge is 0.492 e. The van der Waals surface area contributed by atoms with Crippen LogP contribution in [0.25, 0.3) is 0 Å². The van der Waals surface area contributed by atoms with Gasteiger partial charge < -0.3 is 14.0 Å². The largest absolute Gasteiger partial charge is 0.498 e. The molecule has 0 unspecified atom stereocenters. The highest BCUT2D eigenvalue weighted by Gasteiger charge is 2.36. The van der Waals surface area contributed by atoms with Crippen molar-refractivity contribution in [2.24, 2.45) is 0 Å². The number of rotatable bonds is 2. The molecule has 1 aromatic rings. The fraction of sp³-hybridized carbons (Fsp3) is 0.400. The fourth-order valence-corrected chi connectivity index (χ4v) is 2.05. The zero-order valence-electron chi connectivity index (χ0n) is 8.99. The Balaban J connectivity index is 2.05. The fourth-order valence-electron chi connectivity index (χ4n) is 2.05. The molecule has 2 heterocycles. The van der Waals surface area contributed by atoms with Gasteiger partial charge in [-0.3, -0.25) is 10.3 Å². The molecule has 0 saturated heterocycles. The number of hydrogen-bond donors (Lipinski definition) is 1. The summed E-state index contributed by atoms with van der Waals surface area (Å²) in [6.07, 6.45) is 0. The van der Waals surface area contributed by atoms with Crippen LogP contribution in [0.5, 0.6) is 5.75 Å². The topological polar surface area (TPSA) is 49.0 Å². The van der Waals surface area contributed by atoms with Gasteiger partial charge in [-0.1, -0.05) is 0 Å². The first kappa shape index (κ1) is 9.95. The summed E-state index contributed by atoms with van der Waals surface area (Å²) in [6.45, 7) is 1.64. The number of nitrogens with one attached hydrogen (secondary N) is 1. The van der Waals surface area contributed by atoms with E-state index in [1.807, 2.05) is 12.1 Å². The standard InChI is InChI=1S/C10H12BNO4/c1-13-12-8-4-7-6-16-11-10(7)9(5-8)14-2-3-15-11/h4-5,12H,2-3,6H2,1H3. The van der Waals surface area contributed by atoms with E-state index in [9.17, 15) is 0 Å². The highest BCUT2D eigenvalue weighted by Crippen LogP contribution is 2.26. The van der Waals surface area contributed by atoms with E-state index < -0.39 is 0 Å². The molecule has 16 heavy (non-hydrogen) atoms. The highest BCUT2D eigenvalue weighted by molar-refractivity contribution is 6.64. The molecule has 0 radical (unpaired) electrons. The third-order valence-corrected chi connectivity index (χ3v) is 2.68. The van der Waals surface area contributed by atoms with Gasteiger partial charge in [-0.15, -0.1) is 0 Å². The van der Waals surface area contributed by atoms with Crippen molar-refractivity contribution >= 4 is 18.3 Å². The number of anilines is 1. The van der Waals surface area contributed by atoms with Crippen LogP contribution in [-0.2, 0) is 20.8 Å². The van der Waals surface area contributed by atoms with Crippen molar-refractivity contribution in [3.8, 4) is 5.75 Å². The average molecular weight is 221 g/mol. The summed E-state index contributed by atoms with van der Waals surface area (Å²) in [5.74, 6) is 0.817. The second-order valence-electron chi connectivity index (χ2n) is 3.72. The molecule has 6 heteroatoms. The molecule has 0 fully saturated rings. The van der Waals surface area contributed by atoms with E-state index in [1.54, 1.807) is 7.11 Å². The molecule has 0 bridgehead atoms. The summed E-state index contributed by atoms with van der Waals surface area (Å²) in [5.41, 5.74) is 5.76. The van der Waals surface area contributed by atoms with E-state index in [-0.39, 0.29) is 7.12 Å². The molecule has 0 spiro atoms. The summed E-state index contributed by atoms with van der Waals surface area (Å²) >= 11 is 0. The van der Waals surface area contributed by atoms with Gasteiger partial charge in [0.05, 0.1) is 26.0 Å². The molecule has 0 saturated carbocycles. The maximum Gasteiger partial charge on any atom is 0.498 e. The van der Waals surface area contributed by atoms with Crippen molar-refractivity contribution < 1.29 is 18.9 Å². The van der Waals surface area contributed by atoms with Crippen LogP contribution < -0.4 is 15.7 Å². The Morgan fingerprint density at radius 3 is 3.12 bits per heavy atom. The van der Waals surface area contributed by atoms with Crippen molar-refractivity contribution in [1.82, 2.24) is 0 Å². The van der Waals surface area contributed by atoms with Crippen molar-refractivity contribution in [1.29, 1.82) is 0 Å². The Bertz CT molecular complexity index is 412. The Hall–Kier alpha value is -1.24. The minimum absolute atomic E-state index is 0.274. The first-order valence-corrected chi connectivity index (χ1v) is 5.20. The quantitative estimate of drug-likeness (QED) is 0.574. The molecular formula is C10H12BNO4. The molecular weight excluding hydrogens is 209 g/mol. The van der Waals surface area contributed by atoms with Crippen molar-refractivity contribution in [2.45, 2.75) is 6.61 Å². The summed E-state index contributed by atoms with van der Waals surface area (Å²) in [4.78, 5) is 4.89. The highest BCUT2D eigenvalue weighted by atomic mass is 16.6. The SMILES string of the molecule is CONc1cc2c3c(c1)OCCOB3OC2. The van der Waals surface area contributed by atoms with Crippen LogP contribution in [-0.4, -0.2) is 27.4 Å². The lowest BCUT2D eigenvalue weighted by Crippen LogP contribution is -2.31. The van der Waals surface area contributed by atoms with E-state index in [4.69, 9.17) is 18.9 Å². The molecule has 0 aromatic heterocycles. The zero-order valence-corrected chi connectivity index (χ0v) is 8.99. The van der Waals surface area contributed by atoms with Crippen molar-refractivity contribution in [3.63, 3.8) is 0 Å². The molecule has 84 valence electrons. The van der Waals surface area contributed by atoms with Crippen molar-refractivity contribution in [2.75, 3.05) is 25.8 Å². The molecule has 0 amide bonds. The molecule has 5 nitrogen and oxygen atoms in total. The first-order valence-electron chi connectivity index (χ1n) is 5.20. The summed E-state index contributed by atoms with van der Waals surface area (Å²) in [7, 11) is 1.30. The van der Waals surface area contributed by atoms with Gasteiger partial charge in [0.25, 0.3) is 0 Å². The van der Waals surface area contributed by atoms with Crippen LogP contribution in [0.4, 0.5) is 5.69 Å². The van der Waals surface area contributed by atoms with Gasteiger partial charge in [0, 0.05) is 11.5 Å². The third-order valence-electron chi connectivity index (χ3n) is 2.68. The van der Waals surface area contributed by atoms with E-state index >= 15 is 0 Å². The van der Waals surface area contributed by atoms with Gasteiger partial charge in [0.15, 0.2) is 0 Å². The second-order valence-corrected chi connectivity index (χ2v) is 3.72. The Morgan fingerprint density at radius 2 is 2.25 bits per heavy atom. The third kappa shape index (κ3) is 1.55. The predicted molar refractivity (Wildman–Crippen MR) is 58.7 cm³/mol. The lowest BCUT2D eigenvalue weighted by Gasteiger charge is -2.10. The summed E-state index contributed by atoms with van der Waals surface area (Å²) in [5, 5.41) is 0. The second kappa shape index (κ2) is 3.97. The Labute approximate surface area is 93.7 Å². The summed E-state index contributed by atoms with van der Waals surface area (Å²) < 4.78 is 16.7. The number of hydrogen-bond acceptors (Lipinski definition) is 5. The molecule has 0 atom stereocenters. The van der Waals surface area contributed by atoms with Gasteiger partial charge in [0.1, 0.15) is 12.4 Å². The molecule has 2 aliphatic heterocycles. The van der Waals surface area contributed by atoms with Crippen LogP contribution in [0, 0.1) is 0 Å². The lowest BCUT2D eigenvalue weighted by atomic mass is 9.78. The molecule has 1 aromatic carbocycles. The van der Waals surface area contributed by atoms with Crippen LogP contribution >= 0.6 is 0 Å². The predicted octanol–water partition coefficient (Wildman–Crippen LogP) is 0.294. The number of ether oxygens (including phenoxy) is 1. The van der Waals surface area contributed by atoms with Crippen LogP contribution in [0.1, 0.15) is 5.56 Å². The zero-order chi connectivity index (χ0) is 11.0. The van der Waals surface area contributed by atoms with E-state index in [0.717, 1.165) is 22.5 Å². The molecule has 3 rings (SSSR count). The van der Waals surface area contributed by atoms with Crippen molar-refractivity contribution in [3.05, 3.63) is 17.7 Å². The van der Waals surface area contributed by atoms with Crippen LogP contribution in [0.2, 0.25) is 0 Å². The maximum atomic E-state index is 5.63. The monoisotopic (exact) mass is 221 g/mol. The van der Waals surface area contributed by atoms with E-state index in [2.05, 4.69) is 5.48 Å². The minimum Gasteiger partial charge on any atom is -0.492 e. The number of benzene rings is 1. The van der Waals surface area contributed by atoms with Gasteiger partial charge in [0.2, 0.25) is 0 Å². The van der Waals surface area contributed by atoms with Gasteiger partial charge in [-0.05, 0) is 11.6 Å². The maximum absolute atomic E-state index is 5.63. The molecule has 2 aliphatic rings. The normalized spacial score (nSPS) is 17.7. The Kier molecular flexibility index (Phi) is 2.47. The molecule has 1 N–H and O–H groups in total. The van der Waals surface area contributed by atoms with Gasteiger partial charge >= 0.3 is 7.12 Å².